The molecule has 0 radical (unpaired) electrons. The number of carbonyl (C=O) groups is 1. The van der Waals surface area contributed by atoms with Crippen molar-refractivity contribution in [1.82, 2.24) is 5.32 Å². The van der Waals surface area contributed by atoms with Gasteiger partial charge in [-0.3, -0.25) is 0 Å². The molecule has 82 valence electrons. The van der Waals surface area contributed by atoms with Gasteiger partial charge in [-0.25, -0.2) is 4.79 Å². The molecule has 0 aromatic heterocycles. The summed E-state index contributed by atoms with van der Waals surface area (Å²) in [5.74, 6) is 0. The Bertz CT molecular complexity index is 339. The second kappa shape index (κ2) is 5.61. The van der Waals surface area contributed by atoms with Gasteiger partial charge in [0.25, 0.3) is 0 Å². The Morgan fingerprint density at radius 1 is 1.47 bits per heavy atom. The second-order valence-corrected chi connectivity index (χ2v) is 3.81. The maximum atomic E-state index is 11.2. The molecule has 4 heteroatoms. The molecule has 1 amide bonds. The van der Waals surface area contributed by atoms with Gasteiger partial charge in [-0.1, -0.05) is 29.8 Å². The summed E-state index contributed by atoms with van der Waals surface area (Å²) in [6, 6.07) is 7.36. The van der Waals surface area contributed by atoms with Crippen LogP contribution in [0.4, 0.5) is 4.79 Å². The first kappa shape index (κ1) is 11.9. The minimum Gasteiger partial charge on any atom is -0.447 e. The van der Waals surface area contributed by atoms with E-state index in [4.69, 9.17) is 16.3 Å². The van der Waals surface area contributed by atoms with Crippen LogP contribution in [0.5, 0.6) is 0 Å². The number of rotatable bonds is 3. The lowest BCUT2D eigenvalue weighted by atomic mass is 10.2. The van der Waals surface area contributed by atoms with Crippen LogP contribution in [0.3, 0.4) is 0 Å². The molecule has 0 aliphatic heterocycles. The van der Waals surface area contributed by atoms with Crippen LogP contribution in [-0.4, -0.2) is 12.2 Å². The summed E-state index contributed by atoms with van der Waals surface area (Å²) in [5, 5.41) is 3.27. The molecule has 0 saturated carbocycles. The fourth-order valence-electron chi connectivity index (χ4n) is 1.06. The molecule has 0 atom stereocenters. The topological polar surface area (TPSA) is 38.3 Å². The molecule has 0 aliphatic carbocycles. The number of nitrogens with one attached hydrogen (secondary N) is 1. The molecular weight excluding hydrogens is 214 g/mol. The van der Waals surface area contributed by atoms with Crippen LogP contribution >= 0.6 is 11.6 Å². The summed E-state index contributed by atoms with van der Waals surface area (Å²) in [7, 11) is 0. The smallest absolute Gasteiger partial charge is 0.407 e. The van der Waals surface area contributed by atoms with Crippen molar-refractivity contribution in [3.63, 3.8) is 0 Å². The zero-order valence-electron chi connectivity index (χ0n) is 8.79. The molecule has 3 nitrogen and oxygen atoms in total. The fourth-order valence-corrected chi connectivity index (χ4v) is 1.27. The van der Waals surface area contributed by atoms with Crippen molar-refractivity contribution in [2.45, 2.75) is 26.5 Å². The highest BCUT2D eigenvalue weighted by Gasteiger charge is 2.05. The summed E-state index contributed by atoms with van der Waals surface area (Å²) < 4.78 is 4.92. The molecule has 0 spiro atoms. The van der Waals surface area contributed by atoms with Gasteiger partial charge in [-0.15, -0.1) is 0 Å². The summed E-state index contributed by atoms with van der Waals surface area (Å²) in [4.78, 5) is 11.2. The van der Waals surface area contributed by atoms with E-state index in [0.717, 1.165) is 5.56 Å². The normalized spacial score (nSPS) is 10.1. The van der Waals surface area contributed by atoms with E-state index < -0.39 is 6.09 Å². The Morgan fingerprint density at radius 2 is 2.13 bits per heavy atom. The predicted octanol–water partition coefficient (Wildman–Crippen LogP) is 2.97. The third kappa shape index (κ3) is 4.21. The molecule has 1 rings (SSSR count). The third-order valence-electron chi connectivity index (χ3n) is 1.72. The molecule has 0 saturated heterocycles. The van der Waals surface area contributed by atoms with Crippen molar-refractivity contribution in [2.24, 2.45) is 0 Å². The van der Waals surface area contributed by atoms with Crippen LogP contribution in [0.2, 0.25) is 5.02 Å². The van der Waals surface area contributed by atoms with Crippen LogP contribution in [0.25, 0.3) is 0 Å². The number of amides is 1. The molecule has 0 heterocycles. The Balaban J connectivity index is 2.44. The number of alkyl carbamates (subject to hydrolysis) is 1. The van der Waals surface area contributed by atoms with Gasteiger partial charge in [-0.2, -0.15) is 0 Å². The molecule has 0 unspecified atom stereocenters. The molecule has 1 aromatic carbocycles. The zero-order chi connectivity index (χ0) is 11.3. The van der Waals surface area contributed by atoms with Gasteiger partial charge in [0, 0.05) is 11.6 Å². The Hall–Kier alpha value is -1.22. The van der Waals surface area contributed by atoms with E-state index in [2.05, 4.69) is 5.32 Å². The lowest BCUT2D eigenvalue weighted by Crippen LogP contribution is -2.26. The van der Waals surface area contributed by atoms with Gasteiger partial charge >= 0.3 is 6.09 Å². The van der Waals surface area contributed by atoms with E-state index in [1.807, 2.05) is 18.2 Å². The van der Waals surface area contributed by atoms with E-state index in [1.165, 1.54) is 0 Å². The molecule has 1 aromatic rings. The van der Waals surface area contributed by atoms with Gasteiger partial charge in [0.1, 0.15) is 0 Å². The van der Waals surface area contributed by atoms with Crippen molar-refractivity contribution >= 4 is 17.7 Å². The first-order valence-electron chi connectivity index (χ1n) is 4.77. The highest BCUT2D eigenvalue weighted by atomic mass is 35.5. The van der Waals surface area contributed by atoms with E-state index >= 15 is 0 Å². The minimum atomic E-state index is -0.426. The summed E-state index contributed by atoms with van der Waals surface area (Å²) >= 11 is 5.92. The highest BCUT2D eigenvalue weighted by molar-refractivity contribution is 6.31. The molecular formula is C11H14ClNO2. The first-order valence-corrected chi connectivity index (χ1v) is 5.15. The van der Waals surface area contributed by atoms with E-state index in [0.29, 0.717) is 11.6 Å². The Kier molecular flexibility index (Phi) is 4.43. The van der Waals surface area contributed by atoms with E-state index in [-0.39, 0.29) is 6.10 Å². The Morgan fingerprint density at radius 3 is 2.73 bits per heavy atom. The average molecular weight is 228 g/mol. The monoisotopic (exact) mass is 227 g/mol. The SMILES string of the molecule is CC(C)OC(=O)NCc1ccccc1Cl. The molecule has 0 fully saturated rings. The predicted molar refractivity (Wildman–Crippen MR) is 59.9 cm³/mol. The van der Waals surface area contributed by atoms with Crippen LogP contribution in [0.15, 0.2) is 24.3 Å². The van der Waals surface area contributed by atoms with Crippen LogP contribution in [0, 0.1) is 0 Å². The quantitative estimate of drug-likeness (QED) is 0.862. The number of hydrogen-bond acceptors (Lipinski definition) is 2. The summed E-state index contributed by atoms with van der Waals surface area (Å²) in [6.07, 6.45) is -0.541. The van der Waals surface area contributed by atoms with Gasteiger partial charge in [0.05, 0.1) is 6.10 Å². The molecule has 15 heavy (non-hydrogen) atoms. The number of carbonyl (C=O) groups excluding carboxylic acids is 1. The van der Waals surface area contributed by atoms with Crippen LogP contribution in [0.1, 0.15) is 19.4 Å². The minimum absolute atomic E-state index is 0.115. The highest BCUT2D eigenvalue weighted by Crippen LogP contribution is 2.14. The lowest BCUT2D eigenvalue weighted by Gasteiger charge is -2.09. The standard InChI is InChI=1S/C11H14ClNO2/c1-8(2)15-11(14)13-7-9-5-3-4-6-10(9)12/h3-6,8H,7H2,1-2H3,(H,13,14). The van der Waals surface area contributed by atoms with Gasteiger partial charge in [0.15, 0.2) is 0 Å². The molecule has 0 aliphatic rings. The zero-order valence-corrected chi connectivity index (χ0v) is 9.54. The van der Waals surface area contributed by atoms with Crippen molar-refractivity contribution in [2.75, 3.05) is 0 Å². The average Bonchev–Trinajstić information content (AvgIpc) is 2.15. The van der Waals surface area contributed by atoms with Crippen molar-refractivity contribution in [3.05, 3.63) is 34.9 Å². The Labute approximate surface area is 94.4 Å². The number of benzene rings is 1. The van der Waals surface area contributed by atoms with E-state index in [1.54, 1.807) is 19.9 Å². The maximum absolute atomic E-state index is 11.2. The van der Waals surface area contributed by atoms with Crippen molar-refractivity contribution < 1.29 is 9.53 Å². The number of halogens is 1. The maximum Gasteiger partial charge on any atom is 0.407 e. The van der Waals surface area contributed by atoms with Crippen LogP contribution in [-0.2, 0) is 11.3 Å². The van der Waals surface area contributed by atoms with Crippen molar-refractivity contribution in [1.29, 1.82) is 0 Å². The first-order chi connectivity index (χ1) is 7.09. The summed E-state index contributed by atoms with van der Waals surface area (Å²) in [5.41, 5.74) is 0.875. The molecule has 0 bridgehead atoms. The number of hydrogen-bond donors (Lipinski definition) is 1. The number of ether oxygens (including phenoxy) is 1. The van der Waals surface area contributed by atoms with E-state index in [9.17, 15) is 4.79 Å². The third-order valence-corrected chi connectivity index (χ3v) is 2.09. The largest absolute Gasteiger partial charge is 0.447 e. The van der Waals surface area contributed by atoms with Gasteiger partial charge in [-0.05, 0) is 25.5 Å². The van der Waals surface area contributed by atoms with Crippen LogP contribution < -0.4 is 5.32 Å². The van der Waals surface area contributed by atoms with Gasteiger partial charge < -0.3 is 10.1 Å². The van der Waals surface area contributed by atoms with Gasteiger partial charge in [0.2, 0.25) is 0 Å². The second-order valence-electron chi connectivity index (χ2n) is 3.40. The summed E-state index contributed by atoms with van der Waals surface area (Å²) in [6.45, 7) is 3.98. The van der Waals surface area contributed by atoms with Crippen molar-refractivity contribution in [3.8, 4) is 0 Å². The lowest BCUT2D eigenvalue weighted by molar-refractivity contribution is 0.115. The molecule has 1 N–H and O–H groups in total. The fraction of sp³-hybridized carbons (Fsp3) is 0.364.